The highest BCUT2D eigenvalue weighted by Crippen LogP contribution is 2.01. The molecule has 92 valence electrons. The Hall–Kier alpha value is -0.680. The average molecular weight is 243 g/mol. The molecule has 5 heteroatoms. The Kier molecular flexibility index (Phi) is 5.69. The van der Waals surface area contributed by atoms with E-state index in [4.69, 9.17) is 0 Å². The molecule has 1 unspecified atom stereocenters. The van der Waals surface area contributed by atoms with E-state index in [1.807, 2.05) is 12.5 Å². The topological polar surface area (TPSA) is 46.9 Å². The van der Waals surface area contributed by atoms with Gasteiger partial charge in [-0.1, -0.05) is 13.8 Å². The van der Waals surface area contributed by atoms with Crippen molar-refractivity contribution in [1.29, 1.82) is 0 Å². The summed E-state index contributed by atoms with van der Waals surface area (Å²) in [6, 6.07) is 0.478. The highest BCUT2D eigenvalue weighted by molar-refractivity contribution is 7.84. The van der Waals surface area contributed by atoms with Crippen LogP contribution in [0.25, 0.3) is 0 Å². The molecule has 0 saturated carbocycles. The van der Waals surface area contributed by atoms with Crippen molar-refractivity contribution in [3.05, 3.63) is 18.2 Å². The van der Waals surface area contributed by atoms with Crippen LogP contribution in [-0.4, -0.2) is 31.8 Å². The van der Waals surface area contributed by atoms with Crippen molar-refractivity contribution in [2.24, 2.45) is 0 Å². The van der Waals surface area contributed by atoms with Gasteiger partial charge in [0.1, 0.15) is 0 Å². The van der Waals surface area contributed by atoms with Crippen molar-refractivity contribution in [3.63, 3.8) is 0 Å². The van der Waals surface area contributed by atoms with Gasteiger partial charge in [-0.05, 0) is 6.42 Å². The summed E-state index contributed by atoms with van der Waals surface area (Å²) in [6.07, 6.45) is 6.41. The smallest absolute Gasteiger partial charge is 0.0948 e. The lowest BCUT2D eigenvalue weighted by atomic mass is 10.3. The van der Waals surface area contributed by atoms with Gasteiger partial charge in [-0.3, -0.25) is 4.21 Å². The highest BCUT2D eigenvalue weighted by Gasteiger charge is 2.02. The van der Waals surface area contributed by atoms with Crippen LogP contribution in [0, 0.1) is 0 Å². The molecule has 1 heterocycles. The van der Waals surface area contributed by atoms with Crippen molar-refractivity contribution >= 4 is 10.8 Å². The predicted octanol–water partition coefficient (Wildman–Crippen LogP) is 1.15. The Morgan fingerprint density at radius 1 is 1.56 bits per heavy atom. The van der Waals surface area contributed by atoms with E-state index >= 15 is 0 Å². The van der Waals surface area contributed by atoms with Gasteiger partial charge >= 0.3 is 0 Å². The Labute approximate surface area is 99.9 Å². The molecule has 1 rings (SSSR count). The third kappa shape index (κ3) is 4.90. The van der Waals surface area contributed by atoms with Crippen molar-refractivity contribution < 1.29 is 4.21 Å². The SMILES string of the molecule is CC(C)NCc1cncn1CCCS(C)=O. The average Bonchev–Trinajstić information content (AvgIpc) is 2.62. The molecule has 0 aromatic carbocycles. The number of rotatable bonds is 7. The monoisotopic (exact) mass is 243 g/mol. The van der Waals surface area contributed by atoms with Crippen LogP contribution >= 0.6 is 0 Å². The minimum Gasteiger partial charge on any atom is -0.333 e. The normalized spacial score (nSPS) is 13.2. The minimum atomic E-state index is -0.694. The Bertz CT molecular complexity index is 336. The van der Waals surface area contributed by atoms with Crippen LogP contribution in [0.3, 0.4) is 0 Å². The molecule has 1 N–H and O–H groups in total. The van der Waals surface area contributed by atoms with Gasteiger partial charge in [0, 0.05) is 48.1 Å². The molecule has 16 heavy (non-hydrogen) atoms. The molecule has 0 aliphatic heterocycles. The molecule has 0 aliphatic carbocycles. The quantitative estimate of drug-likeness (QED) is 0.781. The molecule has 1 aromatic heterocycles. The maximum atomic E-state index is 10.9. The number of imidazole rings is 1. The minimum absolute atomic E-state index is 0.478. The summed E-state index contributed by atoms with van der Waals surface area (Å²) in [4.78, 5) is 4.14. The third-order valence-electron chi connectivity index (χ3n) is 2.32. The molecule has 0 spiro atoms. The van der Waals surface area contributed by atoms with Gasteiger partial charge in [-0.25, -0.2) is 4.98 Å². The molecule has 0 amide bonds. The fraction of sp³-hybridized carbons (Fsp3) is 0.727. The lowest BCUT2D eigenvalue weighted by Crippen LogP contribution is -2.23. The molecule has 0 fully saturated rings. The van der Waals surface area contributed by atoms with Crippen LogP contribution in [0.5, 0.6) is 0 Å². The molecule has 0 bridgehead atoms. The Morgan fingerprint density at radius 2 is 2.31 bits per heavy atom. The Morgan fingerprint density at radius 3 is 2.94 bits per heavy atom. The van der Waals surface area contributed by atoms with E-state index in [9.17, 15) is 4.21 Å². The highest BCUT2D eigenvalue weighted by atomic mass is 32.2. The molecule has 1 atom stereocenters. The van der Waals surface area contributed by atoms with Gasteiger partial charge in [0.15, 0.2) is 0 Å². The van der Waals surface area contributed by atoms with Crippen LogP contribution in [0.1, 0.15) is 26.0 Å². The summed E-state index contributed by atoms with van der Waals surface area (Å²) >= 11 is 0. The van der Waals surface area contributed by atoms with Gasteiger partial charge in [0.25, 0.3) is 0 Å². The zero-order valence-corrected chi connectivity index (χ0v) is 11.1. The summed E-state index contributed by atoms with van der Waals surface area (Å²) in [5.41, 5.74) is 1.19. The molecular formula is C11H21N3OS. The number of aryl methyl sites for hydroxylation is 1. The van der Waals surface area contributed by atoms with Crippen molar-refractivity contribution in [1.82, 2.24) is 14.9 Å². The Balaban J connectivity index is 2.40. The van der Waals surface area contributed by atoms with E-state index in [2.05, 4.69) is 28.7 Å². The maximum Gasteiger partial charge on any atom is 0.0948 e. The van der Waals surface area contributed by atoms with E-state index in [0.29, 0.717) is 6.04 Å². The fourth-order valence-electron chi connectivity index (χ4n) is 1.44. The lowest BCUT2D eigenvalue weighted by Gasteiger charge is -2.10. The third-order valence-corrected chi connectivity index (χ3v) is 3.18. The van der Waals surface area contributed by atoms with Crippen molar-refractivity contribution in [3.8, 4) is 0 Å². The molecule has 0 radical (unpaired) electrons. The van der Waals surface area contributed by atoms with Gasteiger partial charge in [0.05, 0.1) is 12.0 Å². The molecule has 4 nitrogen and oxygen atoms in total. The van der Waals surface area contributed by atoms with E-state index in [1.54, 1.807) is 6.26 Å². The van der Waals surface area contributed by atoms with E-state index in [1.165, 1.54) is 5.69 Å². The molecule has 0 aliphatic rings. The number of hydrogen-bond acceptors (Lipinski definition) is 3. The van der Waals surface area contributed by atoms with E-state index < -0.39 is 10.8 Å². The van der Waals surface area contributed by atoms with Gasteiger partial charge in [0.2, 0.25) is 0 Å². The maximum absolute atomic E-state index is 10.9. The summed E-state index contributed by atoms with van der Waals surface area (Å²) in [7, 11) is -0.694. The molecule has 0 saturated heterocycles. The van der Waals surface area contributed by atoms with Crippen molar-refractivity contribution in [2.75, 3.05) is 12.0 Å². The van der Waals surface area contributed by atoms with E-state index in [-0.39, 0.29) is 0 Å². The zero-order valence-electron chi connectivity index (χ0n) is 10.3. The van der Waals surface area contributed by atoms with Crippen LogP contribution in [0.4, 0.5) is 0 Å². The zero-order chi connectivity index (χ0) is 12.0. The van der Waals surface area contributed by atoms with Gasteiger partial charge in [-0.2, -0.15) is 0 Å². The van der Waals surface area contributed by atoms with E-state index in [0.717, 1.165) is 25.3 Å². The lowest BCUT2D eigenvalue weighted by molar-refractivity contribution is 0.552. The van der Waals surface area contributed by atoms with Gasteiger partial charge in [-0.15, -0.1) is 0 Å². The first-order valence-electron chi connectivity index (χ1n) is 5.62. The molecular weight excluding hydrogens is 222 g/mol. The van der Waals surface area contributed by atoms with Crippen LogP contribution < -0.4 is 5.32 Å². The number of hydrogen-bond donors (Lipinski definition) is 1. The van der Waals surface area contributed by atoms with Crippen LogP contribution in [0.2, 0.25) is 0 Å². The number of nitrogens with one attached hydrogen (secondary N) is 1. The first-order valence-corrected chi connectivity index (χ1v) is 7.34. The summed E-state index contributed by atoms with van der Waals surface area (Å²) < 4.78 is 13.1. The second-order valence-electron chi connectivity index (χ2n) is 4.24. The largest absolute Gasteiger partial charge is 0.333 e. The summed E-state index contributed by atoms with van der Waals surface area (Å²) in [6.45, 7) is 5.99. The first-order chi connectivity index (χ1) is 7.59. The van der Waals surface area contributed by atoms with Crippen molar-refractivity contribution in [2.45, 2.75) is 39.4 Å². The second-order valence-corrected chi connectivity index (χ2v) is 5.80. The summed E-state index contributed by atoms with van der Waals surface area (Å²) in [5.74, 6) is 0.759. The second kappa shape index (κ2) is 6.81. The predicted molar refractivity (Wildman–Crippen MR) is 67.8 cm³/mol. The van der Waals surface area contributed by atoms with Crippen LogP contribution in [0.15, 0.2) is 12.5 Å². The number of nitrogens with zero attached hydrogens (tertiary/aromatic N) is 2. The standard InChI is InChI=1S/C11H21N3OS/c1-10(2)13-8-11-7-12-9-14(11)5-4-6-16(3)15/h7,9-10,13H,4-6,8H2,1-3H3. The van der Waals surface area contributed by atoms with Gasteiger partial charge < -0.3 is 9.88 Å². The summed E-state index contributed by atoms with van der Waals surface area (Å²) in [5, 5.41) is 3.37. The molecule has 1 aromatic rings. The fourth-order valence-corrected chi connectivity index (χ4v) is 1.98. The first kappa shape index (κ1) is 13.4. The number of aromatic nitrogens is 2. The van der Waals surface area contributed by atoms with Crippen LogP contribution in [-0.2, 0) is 23.9 Å².